The van der Waals surface area contributed by atoms with Crippen molar-refractivity contribution in [2.24, 2.45) is 0 Å². The molecule has 2 rings (SSSR count). The van der Waals surface area contributed by atoms with Gasteiger partial charge in [0.1, 0.15) is 6.54 Å². The summed E-state index contributed by atoms with van der Waals surface area (Å²) in [7, 11) is 5.25. The Morgan fingerprint density at radius 2 is 1.74 bits per heavy atom. The lowest BCUT2D eigenvalue weighted by Gasteiger charge is -2.19. The van der Waals surface area contributed by atoms with Gasteiger partial charge in [-0.15, -0.1) is 0 Å². The number of carbonyl (C=O) groups is 1. The molecule has 1 amide bonds. The zero-order valence-corrected chi connectivity index (χ0v) is 17.3. The van der Waals surface area contributed by atoms with Gasteiger partial charge in [-0.1, -0.05) is 23.7 Å². The third-order valence-electron chi connectivity index (χ3n) is 4.54. The van der Waals surface area contributed by atoms with Crippen LogP contribution in [0, 0.1) is 6.92 Å². The fourth-order valence-electron chi connectivity index (χ4n) is 3.00. The Kier molecular flexibility index (Phi) is 7.51. The van der Waals surface area contributed by atoms with E-state index in [4.69, 9.17) is 21.1 Å². The molecule has 0 aromatic heterocycles. The second-order valence-electron chi connectivity index (χ2n) is 6.79. The van der Waals surface area contributed by atoms with Crippen molar-refractivity contribution < 1.29 is 19.2 Å². The first-order valence-corrected chi connectivity index (χ1v) is 9.29. The fraction of sp³-hybridized carbons (Fsp3) is 0.381. The van der Waals surface area contributed by atoms with E-state index in [0.717, 1.165) is 28.1 Å². The third kappa shape index (κ3) is 5.88. The summed E-state index contributed by atoms with van der Waals surface area (Å²) < 4.78 is 10.7. The lowest BCUT2D eigenvalue weighted by molar-refractivity contribution is -0.885. The maximum atomic E-state index is 12.4. The van der Waals surface area contributed by atoms with Crippen LogP contribution in [-0.4, -0.2) is 33.7 Å². The molecule has 0 radical (unpaired) electrons. The summed E-state index contributed by atoms with van der Waals surface area (Å²) >= 11 is 5.91. The first kappa shape index (κ1) is 21.1. The Hall–Kier alpha value is -2.24. The summed E-state index contributed by atoms with van der Waals surface area (Å²) in [5.41, 5.74) is 3.27. The van der Waals surface area contributed by atoms with Gasteiger partial charge in [0.15, 0.2) is 18.0 Å². The summed E-state index contributed by atoms with van der Waals surface area (Å²) in [6, 6.07) is 11.4. The molecule has 2 aromatic carbocycles. The summed E-state index contributed by atoms with van der Waals surface area (Å²) in [5, 5.41) is 3.73. The first-order valence-electron chi connectivity index (χ1n) is 8.91. The number of nitrogens with one attached hydrogen (secondary N) is 2. The van der Waals surface area contributed by atoms with Crippen LogP contribution in [0.15, 0.2) is 36.4 Å². The maximum Gasteiger partial charge on any atom is 0.275 e. The summed E-state index contributed by atoms with van der Waals surface area (Å²) in [6.07, 6.45) is 0. The van der Waals surface area contributed by atoms with E-state index in [1.165, 1.54) is 0 Å². The monoisotopic (exact) mass is 391 g/mol. The van der Waals surface area contributed by atoms with E-state index in [1.807, 2.05) is 57.3 Å². The zero-order chi connectivity index (χ0) is 20.0. The highest BCUT2D eigenvalue weighted by Crippen LogP contribution is 2.29. The molecule has 2 atom stereocenters. The fourth-order valence-corrected chi connectivity index (χ4v) is 3.13. The van der Waals surface area contributed by atoms with E-state index >= 15 is 0 Å². The molecule has 1 unspecified atom stereocenters. The van der Waals surface area contributed by atoms with E-state index < -0.39 is 0 Å². The molecule has 0 aliphatic heterocycles. The van der Waals surface area contributed by atoms with Crippen molar-refractivity contribution in [1.82, 2.24) is 5.32 Å². The van der Waals surface area contributed by atoms with Crippen molar-refractivity contribution in [1.29, 1.82) is 0 Å². The topological polar surface area (TPSA) is 52.0 Å². The van der Waals surface area contributed by atoms with Crippen LogP contribution in [0.3, 0.4) is 0 Å². The molecular weight excluding hydrogens is 364 g/mol. The van der Waals surface area contributed by atoms with Gasteiger partial charge in [-0.05, 0) is 49.2 Å². The Balaban J connectivity index is 1.95. The van der Waals surface area contributed by atoms with E-state index in [0.29, 0.717) is 23.1 Å². The molecule has 146 valence electrons. The number of halogens is 1. The largest absolute Gasteiger partial charge is 0.493 e. The Labute approximate surface area is 166 Å². The van der Waals surface area contributed by atoms with Gasteiger partial charge in [0, 0.05) is 10.6 Å². The van der Waals surface area contributed by atoms with E-state index in [2.05, 4.69) is 5.32 Å². The number of hydrogen-bond donors (Lipinski definition) is 2. The number of benzene rings is 2. The number of rotatable bonds is 8. The molecule has 2 N–H and O–H groups in total. The van der Waals surface area contributed by atoms with Gasteiger partial charge in [-0.2, -0.15) is 0 Å². The highest BCUT2D eigenvalue weighted by atomic mass is 35.5. The molecule has 2 aromatic rings. The molecule has 0 spiro atoms. The zero-order valence-electron chi connectivity index (χ0n) is 16.6. The van der Waals surface area contributed by atoms with Gasteiger partial charge >= 0.3 is 0 Å². The first-order chi connectivity index (χ1) is 12.8. The smallest absolute Gasteiger partial charge is 0.275 e. The van der Waals surface area contributed by atoms with Crippen molar-refractivity contribution in [2.45, 2.75) is 26.4 Å². The number of methoxy groups -OCH3 is 2. The average Bonchev–Trinajstić information content (AvgIpc) is 2.63. The van der Waals surface area contributed by atoms with Gasteiger partial charge in [0.25, 0.3) is 5.91 Å². The van der Waals surface area contributed by atoms with Gasteiger partial charge in [-0.25, -0.2) is 0 Å². The third-order valence-corrected chi connectivity index (χ3v) is 4.80. The second kappa shape index (κ2) is 9.62. The molecule has 0 aliphatic carbocycles. The van der Waals surface area contributed by atoms with E-state index in [1.54, 1.807) is 14.2 Å². The van der Waals surface area contributed by atoms with Crippen LogP contribution >= 0.6 is 11.6 Å². The molecule has 0 fully saturated rings. The lowest BCUT2D eigenvalue weighted by Crippen LogP contribution is -3.09. The number of aryl methyl sites for hydroxylation is 1. The number of ether oxygens (including phenoxy) is 2. The van der Waals surface area contributed by atoms with Crippen LogP contribution in [0.1, 0.15) is 29.7 Å². The van der Waals surface area contributed by atoms with E-state index in [9.17, 15) is 4.79 Å². The van der Waals surface area contributed by atoms with Crippen molar-refractivity contribution >= 4 is 17.5 Å². The Morgan fingerprint density at radius 1 is 1.15 bits per heavy atom. The lowest BCUT2D eigenvalue weighted by atomic mass is 10.1. The second-order valence-corrected chi connectivity index (χ2v) is 7.22. The molecule has 0 saturated carbocycles. The SMILES string of the molecule is COc1cc(C)c(C[NH+](C)CC(=O)N[C@H](C)c2ccc(Cl)cc2)cc1OC. The van der Waals surface area contributed by atoms with Crippen molar-refractivity contribution in [3.05, 3.63) is 58.1 Å². The predicted molar refractivity (Wildman–Crippen MR) is 108 cm³/mol. The van der Waals surface area contributed by atoms with E-state index in [-0.39, 0.29) is 11.9 Å². The summed E-state index contributed by atoms with van der Waals surface area (Å²) in [4.78, 5) is 13.5. The van der Waals surface area contributed by atoms with Gasteiger partial charge in [-0.3, -0.25) is 4.79 Å². The highest BCUT2D eigenvalue weighted by Gasteiger charge is 2.16. The van der Waals surface area contributed by atoms with Crippen LogP contribution in [0.4, 0.5) is 0 Å². The van der Waals surface area contributed by atoms with Crippen LogP contribution in [0.2, 0.25) is 5.02 Å². The molecule has 6 heteroatoms. The van der Waals surface area contributed by atoms with Crippen LogP contribution < -0.4 is 19.7 Å². The maximum absolute atomic E-state index is 12.4. The van der Waals surface area contributed by atoms with Crippen LogP contribution in [-0.2, 0) is 11.3 Å². The van der Waals surface area contributed by atoms with Crippen molar-refractivity contribution in [2.75, 3.05) is 27.8 Å². The van der Waals surface area contributed by atoms with Gasteiger partial charge < -0.3 is 19.7 Å². The predicted octanol–water partition coefficient (Wildman–Crippen LogP) is 2.56. The number of hydrogen-bond acceptors (Lipinski definition) is 3. The average molecular weight is 392 g/mol. The minimum Gasteiger partial charge on any atom is -0.493 e. The van der Waals surface area contributed by atoms with Gasteiger partial charge in [0.2, 0.25) is 0 Å². The number of carbonyl (C=O) groups excluding carboxylic acids is 1. The van der Waals surface area contributed by atoms with Crippen molar-refractivity contribution in [3.63, 3.8) is 0 Å². The molecule has 0 aliphatic rings. The minimum atomic E-state index is -0.0645. The Morgan fingerprint density at radius 3 is 2.33 bits per heavy atom. The quantitative estimate of drug-likeness (QED) is 0.727. The van der Waals surface area contributed by atoms with Crippen LogP contribution in [0.25, 0.3) is 0 Å². The normalized spacial score (nSPS) is 13.0. The van der Waals surface area contributed by atoms with Crippen LogP contribution in [0.5, 0.6) is 11.5 Å². The summed E-state index contributed by atoms with van der Waals surface area (Å²) in [6.45, 7) is 5.10. The molecule has 0 bridgehead atoms. The number of amides is 1. The molecule has 0 saturated heterocycles. The number of quaternary nitrogens is 1. The van der Waals surface area contributed by atoms with Crippen molar-refractivity contribution in [3.8, 4) is 11.5 Å². The molecule has 5 nitrogen and oxygen atoms in total. The summed E-state index contributed by atoms with van der Waals surface area (Å²) in [5.74, 6) is 1.42. The molecule has 0 heterocycles. The minimum absolute atomic E-state index is 0.00748. The molecule has 27 heavy (non-hydrogen) atoms. The number of likely N-dealkylation sites (N-methyl/N-ethyl adjacent to an activating group) is 1. The molecular formula is C21H28ClN2O3+. The van der Waals surface area contributed by atoms with Gasteiger partial charge in [0.05, 0.1) is 27.3 Å². The highest BCUT2D eigenvalue weighted by molar-refractivity contribution is 6.30. The standard InChI is InChI=1S/C21H27ClN2O3/c1-14-10-19(26-4)20(27-5)11-17(14)12-24(3)13-21(25)23-15(2)16-6-8-18(22)9-7-16/h6-11,15H,12-13H2,1-5H3,(H,23,25)/p+1/t15-/m1/s1. The Bertz CT molecular complexity index is 778.